The Balaban J connectivity index is 2.66. The van der Waals surface area contributed by atoms with Crippen molar-refractivity contribution in [3.8, 4) is 11.1 Å². The predicted octanol–water partition coefficient (Wildman–Crippen LogP) is 4.40. The highest BCUT2D eigenvalue weighted by Gasteiger charge is 2.13. The highest BCUT2D eigenvalue weighted by atomic mass is 32.9. The first-order valence-corrected chi connectivity index (χ1v) is 7.17. The predicted molar refractivity (Wildman–Crippen MR) is 72.5 cm³/mol. The molecule has 0 aliphatic heterocycles. The van der Waals surface area contributed by atoms with E-state index < -0.39 is 0 Å². The van der Waals surface area contributed by atoms with Crippen LogP contribution in [0.5, 0.6) is 0 Å². The molecule has 0 aliphatic carbocycles. The van der Waals surface area contributed by atoms with Crippen LogP contribution in [0, 0.1) is 3.82 Å². The Hall–Kier alpha value is -1.04. The topological polar surface area (TPSA) is 32.6 Å². The summed E-state index contributed by atoms with van der Waals surface area (Å²) in [6.45, 7) is 1.78. The second-order valence-corrected chi connectivity index (χ2v) is 6.03. The summed E-state index contributed by atoms with van der Waals surface area (Å²) in [5.74, 6) is 0. The first kappa shape index (κ1) is 11.4. The molecule has 1 aromatic heterocycles. The molecule has 1 heterocycles. The molecule has 0 amide bonds. The SMILES string of the molecule is C/C(=N/O)c1ssc(=S)c1-c1ccccc1. The largest absolute Gasteiger partial charge is 0.411 e. The summed E-state index contributed by atoms with van der Waals surface area (Å²) < 4.78 is 0.842. The first-order valence-electron chi connectivity index (χ1n) is 4.61. The van der Waals surface area contributed by atoms with Crippen LogP contribution in [0.4, 0.5) is 0 Å². The van der Waals surface area contributed by atoms with E-state index >= 15 is 0 Å². The lowest BCUT2D eigenvalue weighted by molar-refractivity contribution is 0.319. The minimum absolute atomic E-state index is 0.608. The maximum atomic E-state index is 8.83. The molecule has 0 fully saturated rings. The van der Waals surface area contributed by atoms with Crippen molar-refractivity contribution >= 4 is 38.6 Å². The summed E-state index contributed by atoms with van der Waals surface area (Å²) in [7, 11) is 3.08. The van der Waals surface area contributed by atoms with E-state index in [1.807, 2.05) is 30.3 Å². The molecule has 5 heteroatoms. The minimum atomic E-state index is 0.608. The monoisotopic (exact) mass is 267 g/mol. The smallest absolute Gasteiger partial charge is 0.110 e. The number of hydrogen-bond acceptors (Lipinski definition) is 5. The molecule has 0 saturated carbocycles. The summed E-state index contributed by atoms with van der Waals surface area (Å²) >= 11 is 5.31. The number of hydrogen-bond donors (Lipinski definition) is 1. The fourth-order valence-corrected chi connectivity index (χ4v) is 4.32. The van der Waals surface area contributed by atoms with Crippen molar-refractivity contribution in [3.05, 3.63) is 39.0 Å². The maximum absolute atomic E-state index is 8.83. The van der Waals surface area contributed by atoms with Gasteiger partial charge in [0.05, 0.1) is 10.6 Å². The van der Waals surface area contributed by atoms with Crippen LogP contribution in [-0.4, -0.2) is 10.9 Å². The Morgan fingerprint density at radius 3 is 2.56 bits per heavy atom. The van der Waals surface area contributed by atoms with Gasteiger partial charge in [-0.1, -0.05) is 68.4 Å². The van der Waals surface area contributed by atoms with Gasteiger partial charge in [-0.2, -0.15) is 0 Å². The lowest BCUT2D eigenvalue weighted by atomic mass is 10.1. The van der Waals surface area contributed by atoms with Crippen LogP contribution in [0.3, 0.4) is 0 Å². The molecule has 2 nitrogen and oxygen atoms in total. The van der Waals surface area contributed by atoms with Crippen LogP contribution >= 0.6 is 32.9 Å². The lowest BCUT2D eigenvalue weighted by Crippen LogP contribution is -1.93. The van der Waals surface area contributed by atoms with E-state index in [4.69, 9.17) is 17.4 Å². The molecular weight excluding hydrogens is 258 g/mol. The number of oxime groups is 1. The normalized spacial score (nSPS) is 11.7. The third-order valence-electron chi connectivity index (χ3n) is 2.17. The second kappa shape index (κ2) is 4.86. The molecule has 1 aromatic carbocycles. The van der Waals surface area contributed by atoms with Gasteiger partial charge in [0.25, 0.3) is 0 Å². The summed E-state index contributed by atoms with van der Waals surface area (Å²) in [5.41, 5.74) is 2.68. The number of rotatable bonds is 2. The van der Waals surface area contributed by atoms with Gasteiger partial charge in [0.15, 0.2) is 0 Å². The Bertz CT molecular complexity index is 568. The molecule has 0 aliphatic rings. The van der Waals surface area contributed by atoms with Crippen LogP contribution < -0.4 is 0 Å². The van der Waals surface area contributed by atoms with Crippen molar-refractivity contribution in [3.63, 3.8) is 0 Å². The standard InChI is InChI=1S/C11H9NOS3/c1-7(12-13)10-9(11(14)16-15-10)8-5-3-2-4-6-8/h2-6,13H,1H3/b12-7-. The number of nitrogens with zero attached hydrogens (tertiary/aromatic N) is 1. The minimum Gasteiger partial charge on any atom is -0.411 e. The van der Waals surface area contributed by atoms with E-state index in [1.54, 1.807) is 17.3 Å². The van der Waals surface area contributed by atoms with E-state index in [0.29, 0.717) is 5.71 Å². The average Bonchev–Trinajstić information content (AvgIpc) is 2.71. The molecule has 16 heavy (non-hydrogen) atoms. The molecule has 2 aromatic rings. The third kappa shape index (κ3) is 2.07. The molecule has 0 atom stereocenters. The van der Waals surface area contributed by atoms with Gasteiger partial charge in [-0.25, -0.2) is 0 Å². The second-order valence-electron chi connectivity index (χ2n) is 3.21. The first-order chi connectivity index (χ1) is 7.74. The van der Waals surface area contributed by atoms with Crippen LogP contribution in [0.25, 0.3) is 11.1 Å². The Labute approximate surface area is 106 Å². The third-order valence-corrected chi connectivity index (χ3v) is 5.30. The van der Waals surface area contributed by atoms with Gasteiger partial charge in [-0.15, -0.1) is 0 Å². The van der Waals surface area contributed by atoms with Crippen LogP contribution in [0.2, 0.25) is 0 Å². The molecule has 0 saturated heterocycles. The molecule has 0 spiro atoms. The Morgan fingerprint density at radius 2 is 1.94 bits per heavy atom. The maximum Gasteiger partial charge on any atom is 0.110 e. The summed E-state index contributed by atoms with van der Waals surface area (Å²) in [4.78, 5) is 0.948. The van der Waals surface area contributed by atoms with Gasteiger partial charge in [-0.05, 0) is 12.5 Å². The van der Waals surface area contributed by atoms with Crippen molar-refractivity contribution in [1.82, 2.24) is 0 Å². The van der Waals surface area contributed by atoms with Crippen molar-refractivity contribution < 1.29 is 5.21 Å². The summed E-state index contributed by atoms with van der Waals surface area (Å²) in [5, 5.41) is 12.1. The highest BCUT2D eigenvalue weighted by Crippen LogP contribution is 2.34. The molecule has 0 unspecified atom stereocenters. The summed E-state index contributed by atoms with van der Waals surface area (Å²) in [6.07, 6.45) is 0. The van der Waals surface area contributed by atoms with E-state index in [-0.39, 0.29) is 0 Å². The molecule has 0 radical (unpaired) electrons. The molecule has 82 valence electrons. The molecule has 2 rings (SSSR count). The molecule has 0 bridgehead atoms. The zero-order chi connectivity index (χ0) is 11.5. The zero-order valence-corrected chi connectivity index (χ0v) is 11.0. The Kier molecular flexibility index (Phi) is 3.48. The lowest BCUT2D eigenvalue weighted by Gasteiger charge is -2.01. The average molecular weight is 267 g/mol. The van der Waals surface area contributed by atoms with E-state index in [1.165, 1.54) is 10.3 Å². The Morgan fingerprint density at radius 1 is 1.25 bits per heavy atom. The van der Waals surface area contributed by atoms with Gasteiger partial charge in [-0.3, -0.25) is 0 Å². The van der Waals surface area contributed by atoms with E-state index in [0.717, 1.165) is 19.8 Å². The van der Waals surface area contributed by atoms with Gasteiger partial charge >= 0.3 is 0 Å². The van der Waals surface area contributed by atoms with Crippen LogP contribution in [-0.2, 0) is 0 Å². The summed E-state index contributed by atoms with van der Waals surface area (Å²) in [6, 6.07) is 9.94. The highest BCUT2D eigenvalue weighted by molar-refractivity contribution is 7.80. The fourth-order valence-electron chi connectivity index (χ4n) is 1.40. The number of benzene rings is 1. The van der Waals surface area contributed by atoms with Crippen molar-refractivity contribution in [2.75, 3.05) is 0 Å². The van der Waals surface area contributed by atoms with Crippen LogP contribution in [0.1, 0.15) is 11.8 Å². The molecular formula is C11H9NOS3. The van der Waals surface area contributed by atoms with Gasteiger partial charge in [0, 0.05) is 5.56 Å². The van der Waals surface area contributed by atoms with Crippen molar-refractivity contribution in [2.24, 2.45) is 5.16 Å². The van der Waals surface area contributed by atoms with Crippen LogP contribution in [0.15, 0.2) is 35.5 Å². The fraction of sp³-hybridized carbons (Fsp3) is 0.0909. The van der Waals surface area contributed by atoms with E-state index in [2.05, 4.69) is 5.16 Å². The van der Waals surface area contributed by atoms with E-state index in [9.17, 15) is 0 Å². The van der Waals surface area contributed by atoms with Gasteiger partial charge < -0.3 is 5.21 Å². The molecule has 1 N–H and O–H groups in total. The van der Waals surface area contributed by atoms with Crippen molar-refractivity contribution in [1.29, 1.82) is 0 Å². The van der Waals surface area contributed by atoms with Gasteiger partial charge in [0.2, 0.25) is 0 Å². The van der Waals surface area contributed by atoms with Crippen molar-refractivity contribution in [2.45, 2.75) is 6.92 Å². The quantitative estimate of drug-likeness (QED) is 0.287. The van der Waals surface area contributed by atoms with Gasteiger partial charge in [0.1, 0.15) is 3.82 Å². The zero-order valence-electron chi connectivity index (χ0n) is 8.51.